The molecule has 24 aromatic carbocycles. The molecule has 0 saturated heterocycles. The zero-order chi connectivity index (χ0) is 96.5. The van der Waals surface area contributed by atoms with E-state index in [4.69, 9.17) is 0 Å². The number of hydrogen-bond acceptors (Lipinski definition) is 2. The Labute approximate surface area is 846 Å². The number of anilines is 6. The number of para-hydroxylation sites is 6. The molecule has 0 spiro atoms. The van der Waals surface area contributed by atoms with Crippen molar-refractivity contribution in [2.24, 2.45) is 0 Å². The zero-order valence-electron chi connectivity index (χ0n) is 80.0. The van der Waals surface area contributed by atoms with Crippen LogP contribution < -0.4 is 9.80 Å². The highest BCUT2D eigenvalue weighted by Gasteiger charge is 2.24. The Kier molecular flexibility index (Phi) is 21.5. The van der Waals surface area contributed by atoms with Crippen molar-refractivity contribution in [3.8, 4) is 112 Å². The fourth-order valence-electron chi connectivity index (χ4n) is 22.2. The fourth-order valence-corrected chi connectivity index (χ4v) is 22.2. The first-order valence-electron chi connectivity index (χ1n) is 50.1. The van der Waals surface area contributed by atoms with Gasteiger partial charge in [0.25, 0.3) is 0 Å². The summed E-state index contributed by atoms with van der Waals surface area (Å²) in [6.45, 7) is 0. The van der Waals surface area contributed by atoms with Crippen LogP contribution in [0.25, 0.3) is 221 Å². The van der Waals surface area contributed by atoms with Gasteiger partial charge in [0.15, 0.2) is 0 Å². The highest BCUT2D eigenvalue weighted by molar-refractivity contribution is 6.16. The van der Waals surface area contributed by atoms with Crippen LogP contribution in [-0.4, -0.2) is 18.3 Å². The average molecular weight is 1860 g/mol. The number of hydrogen-bond donors (Lipinski definition) is 0. The maximum atomic E-state index is 2.43. The van der Waals surface area contributed by atoms with Crippen LogP contribution in [0, 0.1) is 0 Å². The Morgan fingerprint density at radius 1 is 0.103 bits per heavy atom. The van der Waals surface area contributed by atoms with Gasteiger partial charge in [0.05, 0.1) is 44.1 Å². The number of fused-ring (bicyclic) bond motifs is 14. The van der Waals surface area contributed by atoms with Crippen molar-refractivity contribution in [1.29, 1.82) is 0 Å². The molecule has 0 aliphatic rings. The van der Waals surface area contributed by atoms with Gasteiger partial charge in [-0.3, -0.25) is 0 Å². The fraction of sp³-hybridized carbons (Fsp3) is 0. The lowest BCUT2D eigenvalue weighted by atomic mass is 9.97. The van der Waals surface area contributed by atoms with Gasteiger partial charge < -0.3 is 28.1 Å². The van der Waals surface area contributed by atoms with Crippen molar-refractivity contribution < 1.29 is 0 Å². The molecule has 4 aromatic heterocycles. The highest BCUT2D eigenvalue weighted by atomic mass is 15.2. The second-order valence-electron chi connectivity index (χ2n) is 37.9. The molecule has 0 bridgehead atoms. The van der Waals surface area contributed by atoms with Crippen LogP contribution in [-0.2, 0) is 0 Å². The molecule has 0 aliphatic heterocycles. The molecule has 0 N–H and O–H groups in total. The van der Waals surface area contributed by atoms with Gasteiger partial charge in [-0.15, -0.1) is 0 Å². The second kappa shape index (κ2) is 36.7. The molecule has 28 aromatic rings. The molecule has 684 valence electrons. The van der Waals surface area contributed by atoms with Crippen LogP contribution in [0.2, 0.25) is 0 Å². The summed E-state index contributed by atoms with van der Waals surface area (Å²) in [7, 11) is 0. The summed E-state index contributed by atoms with van der Waals surface area (Å²) in [5, 5.41) is 14.9. The van der Waals surface area contributed by atoms with Crippen molar-refractivity contribution >= 4 is 143 Å². The lowest BCUT2D eigenvalue weighted by molar-refractivity contribution is 1.17. The van der Waals surface area contributed by atoms with E-state index in [1.54, 1.807) is 0 Å². The molecule has 6 nitrogen and oxygen atoms in total. The van der Waals surface area contributed by atoms with Gasteiger partial charge in [-0.05, 0) is 329 Å². The summed E-state index contributed by atoms with van der Waals surface area (Å²) >= 11 is 0. The summed E-state index contributed by atoms with van der Waals surface area (Å²) < 4.78 is 9.59. The van der Waals surface area contributed by atoms with Gasteiger partial charge in [0.1, 0.15) is 0 Å². The van der Waals surface area contributed by atoms with Crippen LogP contribution >= 0.6 is 0 Å². The summed E-state index contributed by atoms with van der Waals surface area (Å²) in [6.07, 6.45) is 0. The Morgan fingerprint density at radius 3 is 0.582 bits per heavy atom. The minimum atomic E-state index is 1.08. The Balaban J connectivity index is 0.000000145. The lowest BCUT2D eigenvalue weighted by Gasteiger charge is -2.26. The highest BCUT2D eigenvalue weighted by Crippen LogP contribution is 2.47. The van der Waals surface area contributed by atoms with Crippen molar-refractivity contribution in [3.05, 3.63) is 570 Å². The number of rotatable bonds is 18. The van der Waals surface area contributed by atoms with Gasteiger partial charge in [-0.1, -0.05) is 352 Å². The summed E-state index contributed by atoms with van der Waals surface area (Å²) in [5.74, 6) is 0. The number of benzene rings is 24. The average Bonchev–Trinajstić information content (AvgIpc) is 1.52. The van der Waals surface area contributed by atoms with E-state index in [0.717, 1.165) is 67.9 Å². The van der Waals surface area contributed by atoms with E-state index in [1.165, 1.54) is 187 Å². The molecule has 0 saturated carbocycles. The third kappa shape index (κ3) is 15.7. The van der Waals surface area contributed by atoms with E-state index in [9.17, 15) is 0 Å². The third-order valence-corrected chi connectivity index (χ3v) is 29.4. The van der Waals surface area contributed by atoms with E-state index >= 15 is 0 Å². The largest absolute Gasteiger partial charge is 0.311 e. The van der Waals surface area contributed by atoms with Crippen LogP contribution in [0.15, 0.2) is 570 Å². The normalized spacial score (nSPS) is 11.6. The van der Waals surface area contributed by atoms with E-state index in [1.807, 2.05) is 0 Å². The quantitative estimate of drug-likeness (QED) is 0.0856. The van der Waals surface area contributed by atoms with Crippen LogP contribution in [0.5, 0.6) is 0 Å². The molecule has 0 aliphatic carbocycles. The molecule has 0 radical (unpaired) electrons. The van der Waals surface area contributed by atoms with Crippen molar-refractivity contribution in [2.75, 3.05) is 9.80 Å². The molecule has 146 heavy (non-hydrogen) atoms. The van der Waals surface area contributed by atoms with Gasteiger partial charge in [-0.25, -0.2) is 0 Å². The molecule has 0 unspecified atom stereocenters. The first-order valence-corrected chi connectivity index (χ1v) is 50.1. The van der Waals surface area contributed by atoms with E-state index in [-0.39, 0.29) is 0 Å². The maximum Gasteiger partial charge on any atom is 0.0541 e. The monoisotopic (exact) mass is 1860 g/mol. The molecule has 28 rings (SSSR count). The van der Waals surface area contributed by atoms with Crippen LogP contribution in [0.4, 0.5) is 34.1 Å². The first-order chi connectivity index (χ1) is 72.4. The van der Waals surface area contributed by atoms with Gasteiger partial charge in [0, 0.05) is 100.0 Å². The number of nitrogens with zero attached hydrogens (tertiary/aromatic N) is 6. The Morgan fingerprint density at radius 2 is 0.281 bits per heavy atom. The minimum absolute atomic E-state index is 1.08. The second-order valence-corrected chi connectivity index (χ2v) is 37.9. The van der Waals surface area contributed by atoms with E-state index in [2.05, 4.69) is 598 Å². The Hall–Kier alpha value is -19.4. The molecule has 4 heterocycles. The topological polar surface area (TPSA) is 26.2 Å². The van der Waals surface area contributed by atoms with Crippen LogP contribution in [0.1, 0.15) is 0 Å². The standard InChI is InChI=1S/C72H49N3.C68H45N3/c1-5-15-50(16-6-1)52-25-29-54(30-26-52)58-36-45-71-67(48-58)68-49-59(55-31-27-53(28-32-55)51-17-7-2-8-18-51)37-46-72(68)75(71)64-42-40-63(41-43-64)73(60-19-9-3-10-20-60)62-38-33-56(34-39-62)57-35-44-70-66(47-57)65-23-13-14-24-69(65)74(70)61-21-11-4-12-22-61;1-3-17-56(18-4-1)69(58-32-27-48(28-33-58)53-29-38-66-62(43-53)61-21-11-12-22-65(61)70(66)57-19-5-2-6-20-57)59-34-36-60(37-35-59)71-67-39-30-54(51-25-23-46-13-7-9-15-49(46)41-51)44-63(67)64-45-55(31-40-68(64)71)52-26-24-47-14-8-10-16-50(47)42-52/h1-49H;1-45H. The van der Waals surface area contributed by atoms with Gasteiger partial charge >= 0.3 is 0 Å². The third-order valence-electron chi connectivity index (χ3n) is 29.4. The van der Waals surface area contributed by atoms with Crippen molar-refractivity contribution in [3.63, 3.8) is 0 Å². The van der Waals surface area contributed by atoms with E-state index in [0.29, 0.717) is 0 Å². The molecule has 0 fully saturated rings. The smallest absolute Gasteiger partial charge is 0.0541 e. The lowest BCUT2D eigenvalue weighted by Crippen LogP contribution is -2.10. The predicted octanol–water partition coefficient (Wildman–Crippen LogP) is 38.3. The Bertz CT molecular complexity index is 9500. The summed E-state index contributed by atoms with van der Waals surface area (Å²) in [5.41, 5.74) is 39.8. The van der Waals surface area contributed by atoms with Crippen LogP contribution in [0.3, 0.4) is 0 Å². The zero-order valence-corrected chi connectivity index (χ0v) is 80.0. The number of aromatic nitrogens is 4. The molecule has 0 amide bonds. The van der Waals surface area contributed by atoms with Gasteiger partial charge in [-0.2, -0.15) is 0 Å². The molecular formula is C140H94N6. The van der Waals surface area contributed by atoms with E-state index < -0.39 is 0 Å². The summed E-state index contributed by atoms with van der Waals surface area (Å²) in [4.78, 5) is 4.70. The van der Waals surface area contributed by atoms with Crippen molar-refractivity contribution in [1.82, 2.24) is 18.3 Å². The molecule has 6 heteroatoms. The maximum absolute atomic E-state index is 2.43. The summed E-state index contributed by atoms with van der Waals surface area (Å²) in [6, 6.07) is 208. The van der Waals surface area contributed by atoms with Gasteiger partial charge in [0.2, 0.25) is 0 Å². The SMILES string of the molecule is c1ccc(-c2ccc(-c3ccc4c(c3)c3cc(-c5ccc(-c6ccccc6)cc5)ccc3n4-c3ccc(N(c4ccccc4)c4ccc(-c5ccc6c(c5)c5ccccc5n6-c5ccccc5)cc4)cc3)cc2)cc1.c1ccc(N(c2ccc(-c3ccc4c(c3)c3ccccc3n4-c3ccccc3)cc2)c2ccc(-n3c4ccc(-c5ccc6ccccc6c5)cc4c4cc(-c5ccc6ccccc6c5)ccc43)cc2)cc1. The predicted molar refractivity (Wildman–Crippen MR) is 618 cm³/mol. The molecule has 0 atom stereocenters. The van der Waals surface area contributed by atoms with Crippen molar-refractivity contribution in [2.45, 2.75) is 0 Å². The molecular weight excluding hydrogens is 1770 g/mol. The minimum Gasteiger partial charge on any atom is -0.311 e. The first kappa shape index (κ1) is 85.8.